The summed E-state index contributed by atoms with van der Waals surface area (Å²) in [4.78, 5) is 15.3. The van der Waals surface area contributed by atoms with Gasteiger partial charge in [0.15, 0.2) is 0 Å². The molecule has 0 radical (unpaired) electrons. The Morgan fingerprint density at radius 2 is 2.10 bits per heavy atom. The molecule has 1 aromatic heterocycles. The van der Waals surface area contributed by atoms with Gasteiger partial charge in [-0.3, -0.25) is 0 Å². The zero-order chi connectivity index (χ0) is 14.8. The number of nitrogens with zero attached hydrogens (tertiary/aromatic N) is 2. The van der Waals surface area contributed by atoms with Gasteiger partial charge in [-0.25, -0.2) is 14.2 Å². The lowest BCUT2D eigenvalue weighted by atomic mass is 10.1. The van der Waals surface area contributed by atoms with Crippen molar-refractivity contribution in [2.24, 2.45) is 0 Å². The number of aryl methyl sites for hydroxylation is 2. The van der Waals surface area contributed by atoms with Crippen LogP contribution in [0.25, 0.3) is 11.0 Å². The molecule has 1 N–H and O–H groups in total. The fourth-order valence-electron chi connectivity index (χ4n) is 2.31. The van der Waals surface area contributed by atoms with Crippen LogP contribution in [0.2, 0.25) is 0 Å². The molecular weight excluding hydrogens is 271 g/mol. The summed E-state index contributed by atoms with van der Waals surface area (Å²) in [5, 5.41) is 9.04. The molecule has 4 nitrogen and oxygen atoms in total. The van der Waals surface area contributed by atoms with E-state index < -0.39 is 5.97 Å². The summed E-state index contributed by atoms with van der Waals surface area (Å²) in [5.41, 5.74) is 2.65. The Hall–Kier alpha value is -2.69. The van der Waals surface area contributed by atoms with Gasteiger partial charge in [-0.1, -0.05) is 12.1 Å². The van der Waals surface area contributed by atoms with E-state index in [-0.39, 0.29) is 11.4 Å². The monoisotopic (exact) mass is 284 g/mol. The van der Waals surface area contributed by atoms with Crippen molar-refractivity contribution in [3.63, 3.8) is 0 Å². The Bertz CT molecular complexity index is 811. The molecule has 3 aromatic rings. The first kappa shape index (κ1) is 13.3. The minimum absolute atomic E-state index is 0.231. The Balaban J connectivity index is 1.86. The number of carboxylic acid groups (broad SMARTS) is 1. The predicted molar refractivity (Wildman–Crippen MR) is 76.8 cm³/mol. The number of fused-ring (bicyclic) bond motifs is 1. The maximum Gasteiger partial charge on any atom is 0.335 e. The van der Waals surface area contributed by atoms with Gasteiger partial charge in [-0.05, 0) is 42.3 Å². The van der Waals surface area contributed by atoms with Gasteiger partial charge >= 0.3 is 5.97 Å². The van der Waals surface area contributed by atoms with Crippen LogP contribution >= 0.6 is 0 Å². The van der Waals surface area contributed by atoms with E-state index in [0.29, 0.717) is 13.0 Å². The maximum absolute atomic E-state index is 13.1. The number of carboxylic acids is 1. The first-order valence-electron chi connectivity index (χ1n) is 6.56. The zero-order valence-electron chi connectivity index (χ0n) is 11.2. The molecule has 0 aliphatic heterocycles. The number of hydrogen-bond acceptors (Lipinski definition) is 2. The minimum Gasteiger partial charge on any atom is -0.478 e. The van der Waals surface area contributed by atoms with Crippen molar-refractivity contribution < 1.29 is 14.3 Å². The molecule has 3 rings (SSSR count). The molecule has 1 heterocycles. The van der Waals surface area contributed by atoms with Crippen molar-refractivity contribution in [2.75, 3.05) is 0 Å². The van der Waals surface area contributed by atoms with Crippen LogP contribution in [0, 0.1) is 5.82 Å². The van der Waals surface area contributed by atoms with E-state index in [1.165, 1.54) is 18.2 Å². The summed E-state index contributed by atoms with van der Waals surface area (Å²) < 4.78 is 15.0. The van der Waals surface area contributed by atoms with Gasteiger partial charge in [0.2, 0.25) is 0 Å². The number of imidazole rings is 1. The summed E-state index contributed by atoms with van der Waals surface area (Å²) in [7, 11) is 0. The number of aromatic carboxylic acids is 1. The van der Waals surface area contributed by atoms with Crippen molar-refractivity contribution in [1.82, 2.24) is 9.55 Å². The molecule has 5 heteroatoms. The van der Waals surface area contributed by atoms with E-state index in [1.807, 2.05) is 10.6 Å². The van der Waals surface area contributed by atoms with Crippen LogP contribution in [0.5, 0.6) is 0 Å². The quantitative estimate of drug-likeness (QED) is 0.801. The first-order valence-corrected chi connectivity index (χ1v) is 6.56. The van der Waals surface area contributed by atoms with Crippen LogP contribution < -0.4 is 0 Å². The Morgan fingerprint density at radius 1 is 1.24 bits per heavy atom. The van der Waals surface area contributed by atoms with Crippen LogP contribution in [0.3, 0.4) is 0 Å². The molecule has 0 saturated carbocycles. The number of aromatic nitrogens is 2. The van der Waals surface area contributed by atoms with Crippen molar-refractivity contribution in [3.05, 3.63) is 65.7 Å². The maximum atomic E-state index is 13.1. The summed E-state index contributed by atoms with van der Waals surface area (Å²) in [6, 6.07) is 11.3. The normalized spacial score (nSPS) is 10.9. The molecule has 2 aromatic carbocycles. The average molecular weight is 284 g/mol. The van der Waals surface area contributed by atoms with Crippen LogP contribution in [-0.2, 0) is 13.0 Å². The van der Waals surface area contributed by atoms with Crippen molar-refractivity contribution in [3.8, 4) is 0 Å². The number of carbonyl (C=O) groups is 1. The van der Waals surface area contributed by atoms with Crippen LogP contribution in [0.4, 0.5) is 4.39 Å². The van der Waals surface area contributed by atoms with E-state index >= 15 is 0 Å². The van der Waals surface area contributed by atoms with Gasteiger partial charge in [0.25, 0.3) is 0 Å². The van der Waals surface area contributed by atoms with Crippen molar-refractivity contribution in [2.45, 2.75) is 13.0 Å². The van der Waals surface area contributed by atoms with E-state index in [9.17, 15) is 9.18 Å². The van der Waals surface area contributed by atoms with Gasteiger partial charge < -0.3 is 9.67 Å². The minimum atomic E-state index is -0.963. The molecule has 0 atom stereocenters. The smallest absolute Gasteiger partial charge is 0.335 e. The lowest BCUT2D eigenvalue weighted by Crippen LogP contribution is -2.01. The van der Waals surface area contributed by atoms with Crippen molar-refractivity contribution in [1.29, 1.82) is 0 Å². The second-order valence-corrected chi connectivity index (χ2v) is 4.83. The topological polar surface area (TPSA) is 55.1 Å². The van der Waals surface area contributed by atoms with Gasteiger partial charge in [0, 0.05) is 6.54 Å². The van der Waals surface area contributed by atoms with Gasteiger partial charge in [-0.15, -0.1) is 0 Å². The van der Waals surface area contributed by atoms with Crippen LogP contribution in [0.15, 0.2) is 48.8 Å². The Labute approximate surface area is 120 Å². The van der Waals surface area contributed by atoms with Crippen LogP contribution in [0.1, 0.15) is 15.9 Å². The number of hydrogen-bond donors (Lipinski definition) is 1. The zero-order valence-corrected chi connectivity index (χ0v) is 11.2. The van der Waals surface area contributed by atoms with E-state index in [4.69, 9.17) is 5.11 Å². The molecule has 0 amide bonds. The van der Waals surface area contributed by atoms with E-state index in [2.05, 4.69) is 4.98 Å². The Morgan fingerprint density at radius 3 is 2.86 bits per heavy atom. The SMILES string of the molecule is O=C(O)c1ccc2ncn(CCc3cccc(F)c3)c2c1. The third-order valence-electron chi connectivity index (χ3n) is 3.40. The summed E-state index contributed by atoms with van der Waals surface area (Å²) in [6.45, 7) is 0.614. The lowest BCUT2D eigenvalue weighted by molar-refractivity contribution is 0.0697. The number of rotatable bonds is 4. The highest BCUT2D eigenvalue weighted by molar-refractivity contribution is 5.92. The van der Waals surface area contributed by atoms with E-state index in [1.54, 1.807) is 24.5 Å². The van der Waals surface area contributed by atoms with Gasteiger partial charge in [0.05, 0.1) is 22.9 Å². The predicted octanol–water partition coefficient (Wildman–Crippen LogP) is 3.12. The largest absolute Gasteiger partial charge is 0.478 e. The highest BCUT2D eigenvalue weighted by Gasteiger charge is 2.08. The number of halogens is 1. The summed E-state index contributed by atoms with van der Waals surface area (Å²) >= 11 is 0. The number of benzene rings is 2. The fraction of sp³-hybridized carbons (Fsp3) is 0.125. The molecule has 0 aliphatic rings. The average Bonchev–Trinajstić information content (AvgIpc) is 2.87. The first-order chi connectivity index (χ1) is 10.1. The third kappa shape index (κ3) is 2.76. The summed E-state index contributed by atoms with van der Waals surface area (Å²) in [5.74, 6) is -1.22. The van der Waals surface area contributed by atoms with Crippen LogP contribution in [-0.4, -0.2) is 20.6 Å². The lowest BCUT2D eigenvalue weighted by Gasteiger charge is -2.05. The standard InChI is InChI=1S/C16H13FN2O2/c17-13-3-1-2-11(8-13)6-7-19-10-18-14-5-4-12(16(20)21)9-15(14)19/h1-5,8-10H,6-7H2,(H,20,21). The van der Waals surface area contributed by atoms with Gasteiger partial charge in [0.1, 0.15) is 5.82 Å². The Kier molecular flexibility index (Phi) is 3.39. The second kappa shape index (κ2) is 5.36. The molecule has 0 saturated heterocycles. The molecule has 106 valence electrons. The van der Waals surface area contributed by atoms with E-state index in [0.717, 1.165) is 16.6 Å². The third-order valence-corrected chi connectivity index (χ3v) is 3.40. The molecule has 21 heavy (non-hydrogen) atoms. The molecular formula is C16H13FN2O2. The molecule has 0 bridgehead atoms. The highest BCUT2D eigenvalue weighted by atomic mass is 19.1. The molecule has 0 unspecified atom stereocenters. The fourth-order valence-corrected chi connectivity index (χ4v) is 2.31. The molecule has 0 fully saturated rings. The second-order valence-electron chi connectivity index (χ2n) is 4.83. The van der Waals surface area contributed by atoms with Gasteiger partial charge in [-0.2, -0.15) is 0 Å². The highest BCUT2D eigenvalue weighted by Crippen LogP contribution is 2.16. The molecule has 0 spiro atoms. The molecule has 0 aliphatic carbocycles. The van der Waals surface area contributed by atoms with Crippen molar-refractivity contribution >= 4 is 17.0 Å². The summed E-state index contributed by atoms with van der Waals surface area (Å²) in [6.07, 6.45) is 2.33.